The van der Waals surface area contributed by atoms with Crippen molar-refractivity contribution in [1.82, 2.24) is 4.72 Å². The zero-order chi connectivity index (χ0) is 22.7. The Hall–Kier alpha value is -3.16. The molecule has 3 aromatic carbocycles. The summed E-state index contributed by atoms with van der Waals surface area (Å²) in [5.41, 5.74) is 4.85. The van der Waals surface area contributed by atoms with Gasteiger partial charge in [-0.15, -0.1) is 0 Å². The van der Waals surface area contributed by atoms with E-state index in [-0.39, 0.29) is 4.90 Å². The Morgan fingerprint density at radius 2 is 1.69 bits per heavy atom. The number of carbonyl (C=O) groups is 1. The van der Waals surface area contributed by atoms with Crippen molar-refractivity contribution in [2.75, 3.05) is 6.61 Å². The number of benzene rings is 3. The third-order valence-corrected chi connectivity index (χ3v) is 7.15. The lowest BCUT2D eigenvalue weighted by Crippen LogP contribution is -2.31. The summed E-state index contributed by atoms with van der Waals surface area (Å²) in [6, 6.07) is 19.9. The monoisotopic (exact) mass is 451 g/mol. The summed E-state index contributed by atoms with van der Waals surface area (Å²) in [5.74, 6) is -0.555. The van der Waals surface area contributed by atoms with Crippen LogP contribution >= 0.6 is 0 Å². The first-order chi connectivity index (χ1) is 15.3. The maximum absolute atomic E-state index is 13.1. The Labute approximate surface area is 187 Å². The number of ether oxygens (including phenoxy) is 1. The molecule has 0 saturated heterocycles. The van der Waals surface area contributed by atoms with E-state index >= 15 is 0 Å². The van der Waals surface area contributed by atoms with E-state index in [0.29, 0.717) is 18.6 Å². The lowest BCUT2D eigenvalue weighted by Gasteiger charge is -2.27. The molecule has 1 aliphatic rings. The van der Waals surface area contributed by atoms with E-state index in [0.717, 1.165) is 28.7 Å². The van der Waals surface area contributed by atoms with E-state index in [2.05, 4.69) is 4.72 Å². The summed E-state index contributed by atoms with van der Waals surface area (Å²) in [4.78, 5) is 11.1. The SMILES string of the molecule is Cc1ccc(-c2ccc(S(=O)(=O)NC3CCCc4c(OCC(=O)O)cccc43)cc2)cc1. The van der Waals surface area contributed by atoms with Gasteiger partial charge in [0.05, 0.1) is 4.90 Å². The second kappa shape index (κ2) is 9.14. The number of hydrogen-bond acceptors (Lipinski definition) is 4. The maximum atomic E-state index is 13.1. The van der Waals surface area contributed by atoms with E-state index in [1.54, 1.807) is 24.3 Å². The van der Waals surface area contributed by atoms with Gasteiger partial charge in [-0.1, -0.05) is 54.1 Å². The fourth-order valence-electron chi connectivity index (χ4n) is 4.04. The first kappa shape index (κ1) is 22.0. The predicted octanol–water partition coefficient (Wildman–Crippen LogP) is 4.48. The number of fused-ring (bicyclic) bond motifs is 1. The van der Waals surface area contributed by atoms with Gasteiger partial charge in [-0.05, 0) is 66.6 Å². The van der Waals surface area contributed by atoms with Gasteiger partial charge in [0.25, 0.3) is 0 Å². The largest absolute Gasteiger partial charge is 0.482 e. The van der Waals surface area contributed by atoms with Crippen LogP contribution in [0.3, 0.4) is 0 Å². The molecule has 0 fully saturated rings. The average Bonchev–Trinajstić information content (AvgIpc) is 2.78. The number of aliphatic carboxylic acids is 1. The summed E-state index contributed by atoms with van der Waals surface area (Å²) in [7, 11) is -3.73. The minimum Gasteiger partial charge on any atom is -0.482 e. The molecule has 0 spiro atoms. The lowest BCUT2D eigenvalue weighted by molar-refractivity contribution is -0.139. The molecule has 0 saturated carbocycles. The van der Waals surface area contributed by atoms with Crippen LogP contribution in [0.25, 0.3) is 11.1 Å². The van der Waals surface area contributed by atoms with E-state index in [1.807, 2.05) is 49.4 Å². The molecule has 0 aliphatic heterocycles. The maximum Gasteiger partial charge on any atom is 0.341 e. The third kappa shape index (κ3) is 4.84. The number of rotatable bonds is 7. The Balaban J connectivity index is 1.55. The van der Waals surface area contributed by atoms with E-state index in [4.69, 9.17) is 9.84 Å². The van der Waals surface area contributed by atoms with Crippen LogP contribution in [0.2, 0.25) is 0 Å². The van der Waals surface area contributed by atoms with Gasteiger partial charge in [0.15, 0.2) is 6.61 Å². The Bertz CT molecular complexity index is 1220. The fourth-order valence-corrected chi connectivity index (χ4v) is 5.29. The molecule has 1 unspecified atom stereocenters. The van der Waals surface area contributed by atoms with Crippen molar-refractivity contribution in [2.45, 2.75) is 37.1 Å². The van der Waals surface area contributed by atoms with Gasteiger partial charge in [-0.2, -0.15) is 0 Å². The van der Waals surface area contributed by atoms with Crippen molar-refractivity contribution < 1.29 is 23.1 Å². The molecule has 32 heavy (non-hydrogen) atoms. The van der Waals surface area contributed by atoms with E-state index < -0.39 is 28.6 Å². The van der Waals surface area contributed by atoms with Crippen molar-refractivity contribution in [1.29, 1.82) is 0 Å². The minimum atomic E-state index is -3.73. The molecule has 4 rings (SSSR count). The highest BCUT2D eigenvalue weighted by Gasteiger charge is 2.27. The second-order valence-electron chi connectivity index (χ2n) is 7.96. The molecule has 1 aliphatic carbocycles. The molecule has 2 N–H and O–H groups in total. The van der Waals surface area contributed by atoms with Crippen LogP contribution in [0.5, 0.6) is 5.75 Å². The molecule has 3 aromatic rings. The van der Waals surface area contributed by atoms with Crippen molar-refractivity contribution in [3.8, 4) is 16.9 Å². The smallest absolute Gasteiger partial charge is 0.341 e. The van der Waals surface area contributed by atoms with Gasteiger partial charge >= 0.3 is 5.97 Å². The van der Waals surface area contributed by atoms with Crippen molar-refractivity contribution >= 4 is 16.0 Å². The van der Waals surface area contributed by atoms with Crippen LogP contribution in [-0.4, -0.2) is 26.1 Å². The highest BCUT2D eigenvalue weighted by atomic mass is 32.2. The summed E-state index contributed by atoms with van der Waals surface area (Å²) >= 11 is 0. The highest BCUT2D eigenvalue weighted by Crippen LogP contribution is 2.36. The molecule has 166 valence electrons. The van der Waals surface area contributed by atoms with Gasteiger partial charge in [-0.3, -0.25) is 0 Å². The molecule has 0 heterocycles. The van der Waals surface area contributed by atoms with Crippen molar-refractivity contribution in [3.63, 3.8) is 0 Å². The quantitative estimate of drug-likeness (QED) is 0.552. The van der Waals surface area contributed by atoms with E-state index in [9.17, 15) is 13.2 Å². The molecule has 7 heteroatoms. The second-order valence-corrected chi connectivity index (χ2v) is 9.68. The Morgan fingerprint density at radius 1 is 1.03 bits per heavy atom. The summed E-state index contributed by atoms with van der Waals surface area (Å²) < 4.78 is 34.4. The lowest BCUT2D eigenvalue weighted by atomic mass is 9.87. The van der Waals surface area contributed by atoms with Crippen LogP contribution in [-0.2, 0) is 21.2 Å². The zero-order valence-corrected chi connectivity index (χ0v) is 18.6. The molecule has 6 nitrogen and oxygen atoms in total. The van der Waals surface area contributed by atoms with Gasteiger partial charge in [-0.25, -0.2) is 17.9 Å². The topological polar surface area (TPSA) is 92.7 Å². The molecular formula is C25H25NO5S. The Morgan fingerprint density at radius 3 is 2.34 bits per heavy atom. The number of carboxylic acid groups (broad SMARTS) is 1. The highest BCUT2D eigenvalue weighted by molar-refractivity contribution is 7.89. The molecule has 0 amide bonds. The van der Waals surface area contributed by atoms with Gasteiger partial charge in [0, 0.05) is 6.04 Å². The fraction of sp³-hybridized carbons (Fsp3) is 0.240. The molecule has 0 radical (unpaired) electrons. The van der Waals surface area contributed by atoms with Crippen LogP contribution in [0.4, 0.5) is 0 Å². The summed E-state index contributed by atoms with van der Waals surface area (Å²) in [6.07, 6.45) is 2.16. The third-order valence-electron chi connectivity index (χ3n) is 5.66. The van der Waals surface area contributed by atoms with Crippen LogP contribution in [0.1, 0.15) is 35.6 Å². The number of carboxylic acids is 1. The molecule has 1 atom stereocenters. The number of aryl methyl sites for hydroxylation is 1. The van der Waals surface area contributed by atoms with E-state index in [1.165, 1.54) is 5.56 Å². The number of sulfonamides is 1. The average molecular weight is 452 g/mol. The van der Waals surface area contributed by atoms with Crippen LogP contribution in [0.15, 0.2) is 71.6 Å². The Kier molecular flexibility index (Phi) is 6.30. The summed E-state index contributed by atoms with van der Waals surface area (Å²) in [6.45, 7) is 1.59. The molecule has 0 aromatic heterocycles. The normalized spacial score (nSPS) is 15.7. The zero-order valence-electron chi connectivity index (χ0n) is 17.7. The van der Waals surface area contributed by atoms with Gasteiger partial charge in [0.2, 0.25) is 10.0 Å². The van der Waals surface area contributed by atoms with Crippen molar-refractivity contribution in [3.05, 3.63) is 83.4 Å². The number of nitrogens with one attached hydrogen (secondary N) is 1. The summed E-state index contributed by atoms with van der Waals surface area (Å²) in [5, 5.41) is 8.90. The van der Waals surface area contributed by atoms with Crippen LogP contribution in [0, 0.1) is 6.92 Å². The molecule has 0 bridgehead atoms. The first-order valence-electron chi connectivity index (χ1n) is 10.5. The van der Waals surface area contributed by atoms with Gasteiger partial charge in [0.1, 0.15) is 5.75 Å². The predicted molar refractivity (Wildman–Crippen MR) is 122 cm³/mol. The van der Waals surface area contributed by atoms with Crippen LogP contribution < -0.4 is 9.46 Å². The first-order valence-corrected chi connectivity index (χ1v) is 12.0. The van der Waals surface area contributed by atoms with Crippen molar-refractivity contribution in [2.24, 2.45) is 0 Å². The van der Waals surface area contributed by atoms with Gasteiger partial charge < -0.3 is 9.84 Å². The molecular weight excluding hydrogens is 426 g/mol. The number of hydrogen-bond donors (Lipinski definition) is 2. The standard InChI is InChI=1S/C25H25NO5S/c1-17-8-10-18(11-9-17)19-12-14-20(15-13-19)32(29,30)26-23-6-2-5-22-21(23)4-3-7-24(22)31-16-25(27)28/h3-4,7-15,23,26H,2,5-6,16H2,1H3,(H,27,28). The minimum absolute atomic E-state index is 0.207.